The maximum Gasteiger partial charge on any atom is 0.222 e. The number of allylic oxidation sites excluding steroid dienone is 1. The smallest absolute Gasteiger partial charge is 0.222 e. The third-order valence-electron chi connectivity index (χ3n) is 25.1. The molecule has 8 saturated carbocycles. The first-order valence-electron chi connectivity index (χ1n) is 28.5. The Morgan fingerprint density at radius 2 is 1.39 bits per heavy atom. The number of amides is 1. The van der Waals surface area contributed by atoms with Crippen LogP contribution in [0.3, 0.4) is 0 Å². The van der Waals surface area contributed by atoms with Crippen LogP contribution >= 0.6 is 0 Å². The predicted molar refractivity (Wildman–Crippen MR) is 280 cm³/mol. The predicted octanol–water partition coefficient (Wildman–Crippen LogP) is 8.76. The van der Waals surface area contributed by atoms with Crippen molar-refractivity contribution in [1.82, 2.24) is 15.1 Å². The van der Waals surface area contributed by atoms with Gasteiger partial charge in [0.05, 0.1) is 31.5 Å². The molecule has 11 nitrogen and oxygen atoms in total. The summed E-state index contributed by atoms with van der Waals surface area (Å²) in [5.74, 6) is 3.61. The first-order chi connectivity index (χ1) is 33.0. The number of carbonyl (C=O) groups excluding carboxylic acids is 3. The normalized spacial score (nSPS) is 50.3. The summed E-state index contributed by atoms with van der Waals surface area (Å²) in [5.41, 5.74) is 0.185. The molecule has 9 aliphatic carbocycles. The lowest BCUT2D eigenvalue weighted by molar-refractivity contribution is -0.173. The van der Waals surface area contributed by atoms with Crippen molar-refractivity contribution in [2.45, 2.75) is 203 Å². The number of aliphatic hydroxyl groups is 3. The number of fused-ring (bicyclic) bond motifs is 8. The van der Waals surface area contributed by atoms with Crippen LogP contribution in [0, 0.1) is 96.6 Å². The van der Waals surface area contributed by atoms with E-state index in [1.807, 2.05) is 13.8 Å². The molecular formula is C60H98N4O7. The van der Waals surface area contributed by atoms with Gasteiger partial charge in [-0.15, -0.1) is 0 Å². The zero-order valence-corrected chi connectivity index (χ0v) is 47.2. The SMILES string of the molecule is CC(C)C(=O)N[C@H]1CCC23C[C@]24C(=O)C[C@]2(C)[C@@H](C(C)N(C)C)[C@H](O)C[C@@]2(C)[C@@H]4CC[C@H]3[C@]1(C)CO.CC(C)C1=N[C@H]2CC=C3C[C@H]4C(=O)C[C@]5(C)[C@@H]([C@H](C)N(C)C)[C@H](O)C[C@@]5(C)[C@@H]4CC[C@H]3[C@]2(C)CO1. The maximum absolute atomic E-state index is 14.4. The van der Waals surface area contributed by atoms with E-state index in [0.29, 0.717) is 42.2 Å². The standard InChI is InChI=1S/C30H50N2O4.C30H48N2O3/c1-17(2)25(36)31-22-11-12-29-15-30(29)21(10-9-20(29)26(22,4)16-33)27(5)13-19(34)24(18(3)32(7)8)28(27,6)14-23(30)35;1-17(2)27-31-25-12-9-19-13-20-22(11-10-21(19)28(25,4)16-35-27)29(5)15-24(34)26(18(3)32(7)8)30(29,6)14-23(20)33/h17-22,24,33-34H,9-16H2,1-8H3,(H,31,36);9,17-18,20-22,24-26,34H,10-16H2,1-8H3/t18?,19-,20+,21+,22+,24+,26+,27+,28-,29?,30+;18-,20+,21+,22+,24+,25-,26-,28-,29-,30+/m10/s1. The average molecular weight is 987 g/mol. The summed E-state index contributed by atoms with van der Waals surface area (Å²) in [6.07, 6.45) is 13.1. The molecule has 11 heteroatoms. The molecule has 71 heavy (non-hydrogen) atoms. The van der Waals surface area contributed by atoms with E-state index >= 15 is 0 Å². The molecule has 0 radical (unpaired) electrons. The van der Waals surface area contributed by atoms with Gasteiger partial charge in [-0.05, 0) is 163 Å². The van der Waals surface area contributed by atoms with Crippen molar-refractivity contribution in [3.05, 3.63) is 11.6 Å². The van der Waals surface area contributed by atoms with Gasteiger partial charge in [-0.25, -0.2) is 0 Å². The van der Waals surface area contributed by atoms with Gasteiger partial charge in [0.2, 0.25) is 5.91 Å². The lowest BCUT2D eigenvalue weighted by Gasteiger charge is -2.63. The summed E-state index contributed by atoms with van der Waals surface area (Å²) >= 11 is 0. The highest BCUT2D eigenvalue weighted by Gasteiger charge is 2.86. The fourth-order valence-electron chi connectivity index (χ4n) is 20.4. The van der Waals surface area contributed by atoms with Crippen molar-refractivity contribution in [2.75, 3.05) is 41.4 Å². The molecule has 0 aromatic heterocycles. The lowest BCUT2D eigenvalue weighted by Crippen LogP contribution is -2.64. The number of ether oxygens (including phenoxy) is 1. The summed E-state index contributed by atoms with van der Waals surface area (Å²) in [5, 5.41) is 36.9. The zero-order valence-electron chi connectivity index (χ0n) is 47.2. The van der Waals surface area contributed by atoms with Crippen molar-refractivity contribution in [3.63, 3.8) is 0 Å². The first kappa shape index (κ1) is 53.6. The van der Waals surface area contributed by atoms with Crippen LogP contribution in [0.2, 0.25) is 0 Å². The van der Waals surface area contributed by atoms with Crippen LogP contribution < -0.4 is 5.32 Å². The Bertz CT molecular complexity index is 2190. The van der Waals surface area contributed by atoms with E-state index in [1.165, 1.54) is 5.57 Å². The number of nitrogens with zero attached hydrogens (tertiary/aromatic N) is 3. The van der Waals surface area contributed by atoms with Gasteiger partial charge in [0.1, 0.15) is 11.6 Å². The molecule has 0 aromatic carbocycles. The Morgan fingerprint density at radius 3 is 1.97 bits per heavy atom. The van der Waals surface area contributed by atoms with Crippen LogP contribution in [-0.4, -0.2) is 126 Å². The van der Waals surface area contributed by atoms with E-state index in [-0.39, 0.29) is 116 Å². The molecule has 400 valence electrons. The Kier molecular flexibility index (Phi) is 13.4. The second kappa shape index (κ2) is 17.7. The quantitative estimate of drug-likeness (QED) is 0.175. The number of nitrogens with one attached hydrogen (secondary N) is 1. The van der Waals surface area contributed by atoms with Crippen LogP contribution in [0.1, 0.15) is 167 Å². The van der Waals surface area contributed by atoms with Gasteiger partial charge in [0, 0.05) is 76.8 Å². The Balaban J connectivity index is 0.000000176. The van der Waals surface area contributed by atoms with Crippen LogP contribution in [0.15, 0.2) is 16.6 Å². The lowest BCUT2D eigenvalue weighted by atomic mass is 9.41. The maximum atomic E-state index is 14.4. The Morgan fingerprint density at radius 1 is 0.803 bits per heavy atom. The number of carbonyl (C=O) groups is 3. The van der Waals surface area contributed by atoms with Gasteiger partial charge in [-0.2, -0.15) is 0 Å². The molecule has 10 rings (SSSR count). The van der Waals surface area contributed by atoms with E-state index < -0.39 is 11.5 Å². The molecule has 1 aliphatic heterocycles. The summed E-state index contributed by atoms with van der Waals surface area (Å²) in [4.78, 5) is 50.4. The van der Waals surface area contributed by atoms with Gasteiger partial charge in [-0.1, -0.05) is 80.9 Å². The molecule has 2 spiro atoms. The third kappa shape index (κ3) is 7.29. The number of hydrogen-bond acceptors (Lipinski definition) is 10. The molecule has 10 aliphatic rings. The molecule has 0 saturated heterocycles. The van der Waals surface area contributed by atoms with E-state index in [0.717, 1.165) is 83.1 Å². The fraction of sp³-hybridized carbons (Fsp3) is 0.900. The van der Waals surface area contributed by atoms with E-state index in [4.69, 9.17) is 9.73 Å². The molecule has 0 bridgehead atoms. The van der Waals surface area contributed by atoms with Gasteiger partial charge in [0.15, 0.2) is 5.90 Å². The minimum absolute atomic E-state index is 0.000382. The highest BCUT2D eigenvalue weighted by atomic mass is 16.5. The van der Waals surface area contributed by atoms with Crippen molar-refractivity contribution in [1.29, 1.82) is 0 Å². The molecule has 8 fully saturated rings. The van der Waals surface area contributed by atoms with Gasteiger partial charge >= 0.3 is 0 Å². The highest BCUT2D eigenvalue weighted by Crippen LogP contribution is 2.88. The van der Waals surface area contributed by atoms with Crippen molar-refractivity contribution in [2.24, 2.45) is 102 Å². The molecule has 4 N–H and O–H groups in total. The van der Waals surface area contributed by atoms with Crippen LogP contribution in [0.25, 0.3) is 0 Å². The van der Waals surface area contributed by atoms with Crippen molar-refractivity contribution in [3.8, 4) is 0 Å². The van der Waals surface area contributed by atoms with Gasteiger partial charge in [0.25, 0.3) is 0 Å². The third-order valence-corrected chi connectivity index (χ3v) is 25.1. The van der Waals surface area contributed by atoms with E-state index in [9.17, 15) is 29.7 Å². The monoisotopic (exact) mass is 987 g/mol. The first-order valence-corrected chi connectivity index (χ1v) is 28.5. The number of aliphatic imine (C=N–C) groups is 1. The minimum atomic E-state index is -0.420. The van der Waals surface area contributed by atoms with Gasteiger partial charge < -0.3 is 35.2 Å². The number of ketones is 2. The van der Waals surface area contributed by atoms with Crippen molar-refractivity contribution >= 4 is 23.4 Å². The zero-order chi connectivity index (χ0) is 52.1. The number of rotatable bonds is 8. The summed E-state index contributed by atoms with van der Waals surface area (Å²) in [6.45, 7) is 27.3. The summed E-state index contributed by atoms with van der Waals surface area (Å²) < 4.78 is 6.24. The van der Waals surface area contributed by atoms with Crippen molar-refractivity contribution < 1.29 is 34.4 Å². The topological polar surface area (TPSA) is 152 Å². The molecule has 1 amide bonds. The molecule has 21 atom stereocenters. The Labute approximate surface area is 428 Å². The van der Waals surface area contributed by atoms with Crippen LogP contribution in [0.5, 0.6) is 0 Å². The number of aliphatic hydroxyl groups excluding tert-OH is 3. The second-order valence-corrected chi connectivity index (χ2v) is 28.8. The van der Waals surface area contributed by atoms with Gasteiger partial charge in [-0.3, -0.25) is 19.4 Å². The Hall–Kier alpha value is -2.18. The second-order valence-electron chi connectivity index (χ2n) is 28.8. The number of Topliss-reactive ketones (excluding diaryl/α,β-unsaturated/α-hetero) is 2. The van der Waals surface area contributed by atoms with Crippen LogP contribution in [-0.2, 0) is 19.1 Å². The molecule has 2 unspecified atom stereocenters. The molecule has 0 aromatic rings. The fourth-order valence-corrected chi connectivity index (χ4v) is 20.4. The molecule has 1 heterocycles. The summed E-state index contributed by atoms with van der Waals surface area (Å²) in [7, 11) is 8.36. The largest absolute Gasteiger partial charge is 0.480 e. The van der Waals surface area contributed by atoms with Crippen LogP contribution in [0.4, 0.5) is 0 Å². The average Bonchev–Trinajstić information content (AvgIpc) is 3.93. The highest BCUT2D eigenvalue weighted by molar-refractivity contribution is 5.92. The summed E-state index contributed by atoms with van der Waals surface area (Å²) in [6, 6.07) is 0.665. The van der Waals surface area contributed by atoms with E-state index in [2.05, 4.69) is 119 Å². The molecular weight excluding hydrogens is 889 g/mol. The number of hydrogen-bond donors (Lipinski definition) is 4. The minimum Gasteiger partial charge on any atom is -0.480 e. The van der Waals surface area contributed by atoms with E-state index in [1.54, 1.807) is 0 Å².